The van der Waals surface area contributed by atoms with Gasteiger partial charge in [0.05, 0.1) is 4.92 Å². The quantitative estimate of drug-likeness (QED) is 0.356. The lowest BCUT2D eigenvalue weighted by molar-refractivity contribution is -0.385. The molecule has 1 aromatic rings. The van der Waals surface area contributed by atoms with E-state index in [1.165, 1.54) is 6.07 Å². The van der Waals surface area contributed by atoms with Crippen LogP contribution in [0.3, 0.4) is 0 Å². The number of hydrogen-bond acceptors (Lipinski definition) is 5. The summed E-state index contributed by atoms with van der Waals surface area (Å²) in [6, 6.07) is 5.57. The number of para-hydroxylation sites is 1. The second-order valence-electron chi connectivity index (χ2n) is 4.44. The van der Waals surface area contributed by atoms with Crippen molar-refractivity contribution in [2.24, 2.45) is 5.73 Å². The van der Waals surface area contributed by atoms with E-state index in [1.807, 2.05) is 0 Å². The Balaban J connectivity index is 2.63. The van der Waals surface area contributed by atoms with Crippen molar-refractivity contribution in [1.29, 1.82) is 0 Å². The zero-order valence-corrected chi connectivity index (χ0v) is 11.1. The number of nitro groups is 1. The molecule has 7 heteroatoms. The van der Waals surface area contributed by atoms with E-state index in [4.69, 9.17) is 10.8 Å². The van der Waals surface area contributed by atoms with Gasteiger partial charge in [-0.15, -0.1) is 0 Å². The molecule has 0 unspecified atom stereocenters. The van der Waals surface area contributed by atoms with Crippen molar-refractivity contribution in [1.82, 2.24) is 5.32 Å². The predicted octanol–water partition coefficient (Wildman–Crippen LogP) is 1.27. The number of carboxylic acids is 1. The molecule has 0 aliphatic carbocycles. The first-order chi connectivity index (χ1) is 9.56. The SMILES string of the molecule is NCCCC[C@H](NCc1ccccc1[N+](=O)[O-])C(=O)O. The molecular formula is C13H19N3O4. The molecule has 4 N–H and O–H groups in total. The number of nitrogens with one attached hydrogen (secondary N) is 1. The first-order valence-corrected chi connectivity index (χ1v) is 6.44. The standard InChI is InChI=1S/C13H19N3O4/c14-8-4-3-6-11(13(17)18)15-9-10-5-1-2-7-12(10)16(19)20/h1-2,5,7,11,15H,3-4,6,8-9,14H2,(H,17,18)/t11-/m0/s1. The monoisotopic (exact) mass is 281 g/mol. The van der Waals surface area contributed by atoms with Crippen molar-refractivity contribution >= 4 is 11.7 Å². The molecule has 20 heavy (non-hydrogen) atoms. The minimum atomic E-state index is -0.958. The maximum absolute atomic E-state index is 11.1. The molecule has 0 aromatic heterocycles. The van der Waals surface area contributed by atoms with Crippen LogP contribution in [0.1, 0.15) is 24.8 Å². The first kappa shape index (κ1) is 16.1. The average molecular weight is 281 g/mol. The van der Waals surface area contributed by atoms with E-state index >= 15 is 0 Å². The molecule has 0 saturated heterocycles. The second-order valence-corrected chi connectivity index (χ2v) is 4.44. The van der Waals surface area contributed by atoms with E-state index in [2.05, 4.69) is 5.32 Å². The van der Waals surface area contributed by atoms with Crippen LogP contribution in [-0.2, 0) is 11.3 Å². The third-order valence-electron chi connectivity index (χ3n) is 2.97. The third kappa shape index (κ3) is 4.94. The fraction of sp³-hybridized carbons (Fsp3) is 0.462. The van der Waals surface area contributed by atoms with Gasteiger partial charge in [-0.2, -0.15) is 0 Å². The predicted molar refractivity (Wildman–Crippen MR) is 74.3 cm³/mol. The van der Waals surface area contributed by atoms with E-state index in [9.17, 15) is 14.9 Å². The lowest BCUT2D eigenvalue weighted by Crippen LogP contribution is -2.36. The molecule has 0 saturated carbocycles. The Morgan fingerprint density at radius 1 is 1.40 bits per heavy atom. The number of carbonyl (C=O) groups is 1. The zero-order valence-electron chi connectivity index (χ0n) is 11.1. The Morgan fingerprint density at radius 2 is 2.10 bits per heavy atom. The normalized spacial score (nSPS) is 12.1. The molecule has 0 fully saturated rings. The fourth-order valence-electron chi connectivity index (χ4n) is 1.88. The van der Waals surface area contributed by atoms with Crippen molar-refractivity contribution in [3.63, 3.8) is 0 Å². The molecule has 1 rings (SSSR count). The summed E-state index contributed by atoms with van der Waals surface area (Å²) in [5.41, 5.74) is 5.83. The molecule has 0 amide bonds. The molecule has 1 atom stereocenters. The smallest absolute Gasteiger partial charge is 0.320 e. The van der Waals surface area contributed by atoms with Crippen molar-refractivity contribution in [3.05, 3.63) is 39.9 Å². The van der Waals surface area contributed by atoms with E-state index in [1.54, 1.807) is 18.2 Å². The van der Waals surface area contributed by atoms with Crippen LogP contribution >= 0.6 is 0 Å². The summed E-state index contributed by atoms with van der Waals surface area (Å²) in [7, 11) is 0. The number of rotatable bonds is 9. The lowest BCUT2D eigenvalue weighted by Gasteiger charge is -2.14. The van der Waals surface area contributed by atoms with Crippen LogP contribution in [-0.4, -0.2) is 28.6 Å². The molecule has 0 aliphatic rings. The zero-order chi connectivity index (χ0) is 15.0. The number of nitrogens with two attached hydrogens (primary N) is 1. The minimum absolute atomic E-state index is 0.00824. The van der Waals surface area contributed by atoms with Crippen molar-refractivity contribution in [3.8, 4) is 0 Å². The highest BCUT2D eigenvalue weighted by Gasteiger charge is 2.18. The molecular weight excluding hydrogens is 262 g/mol. The van der Waals surface area contributed by atoms with Gasteiger partial charge in [-0.3, -0.25) is 14.9 Å². The van der Waals surface area contributed by atoms with Crippen molar-refractivity contribution in [2.45, 2.75) is 31.8 Å². The molecule has 0 spiro atoms. The largest absolute Gasteiger partial charge is 0.480 e. The highest BCUT2D eigenvalue weighted by atomic mass is 16.6. The van der Waals surface area contributed by atoms with Crippen LogP contribution in [0.4, 0.5) is 5.69 Å². The number of hydrogen-bond donors (Lipinski definition) is 3. The maximum Gasteiger partial charge on any atom is 0.320 e. The summed E-state index contributed by atoms with van der Waals surface area (Å²) < 4.78 is 0. The van der Waals surface area contributed by atoms with Gasteiger partial charge < -0.3 is 16.2 Å². The topological polar surface area (TPSA) is 118 Å². The van der Waals surface area contributed by atoms with Gasteiger partial charge in [0.1, 0.15) is 6.04 Å². The average Bonchev–Trinajstić information content (AvgIpc) is 2.42. The molecule has 7 nitrogen and oxygen atoms in total. The van der Waals surface area contributed by atoms with Gasteiger partial charge in [-0.05, 0) is 19.4 Å². The Labute approximate surface area is 116 Å². The number of carboxylic acid groups (broad SMARTS) is 1. The van der Waals surface area contributed by atoms with Crippen LogP contribution in [0.5, 0.6) is 0 Å². The summed E-state index contributed by atoms with van der Waals surface area (Å²) in [6.45, 7) is 0.674. The van der Waals surface area contributed by atoms with E-state index in [0.29, 0.717) is 24.9 Å². The highest BCUT2D eigenvalue weighted by Crippen LogP contribution is 2.17. The summed E-state index contributed by atoms with van der Waals surface area (Å²) >= 11 is 0. The van der Waals surface area contributed by atoms with Gasteiger partial charge in [-0.25, -0.2) is 0 Å². The summed E-state index contributed by atoms with van der Waals surface area (Å²) in [5, 5.41) is 22.8. The molecule has 0 heterocycles. The summed E-state index contributed by atoms with van der Waals surface area (Å²) in [4.78, 5) is 21.5. The number of benzene rings is 1. The lowest BCUT2D eigenvalue weighted by atomic mass is 10.1. The molecule has 0 radical (unpaired) electrons. The minimum Gasteiger partial charge on any atom is -0.480 e. The van der Waals surface area contributed by atoms with Gasteiger partial charge in [0.25, 0.3) is 5.69 Å². The maximum atomic E-state index is 11.1. The van der Waals surface area contributed by atoms with Crippen LogP contribution < -0.4 is 11.1 Å². The fourth-order valence-corrected chi connectivity index (χ4v) is 1.88. The van der Waals surface area contributed by atoms with Gasteiger partial charge in [0.15, 0.2) is 0 Å². The Morgan fingerprint density at radius 3 is 2.70 bits per heavy atom. The van der Waals surface area contributed by atoms with Crippen molar-refractivity contribution in [2.75, 3.05) is 6.54 Å². The van der Waals surface area contributed by atoms with Crippen LogP contribution in [0.25, 0.3) is 0 Å². The van der Waals surface area contributed by atoms with Gasteiger partial charge in [0.2, 0.25) is 0 Å². The van der Waals surface area contributed by atoms with Crippen LogP contribution in [0.2, 0.25) is 0 Å². The van der Waals surface area contributed by atoms with E-state index in [-0.39, 0.29) is 12.2 Å². The van der Waals surface area contributed by atoms with E-state index in [0.717, 1.165) is 6.42 Å². The third-order valence-corrected chi connectivity index (χ3v) is 2.97. The molecule has 110 valence electrons. The molecule has 0 bridgehead atoms. The first-order valence-electron chi connectivity index (χ1n) is 6.44. The second kappa shape index (κ2) is 8.23. The van der Waals surface area contributed by atoms with Crippen LogP contribution in [0.15, 0.2) is 24.3 Å². The highest BCUT2D eigenvalue weighted by molar-refractivity contribution is 5.73. The van der Waals surface area contributed by atoms with Crippen molar-refractivity contribution < 1.29 is 14.8 Å². The van der Waals surface area contributed by atoms with E-state index < -0.39 is 16.9 Å². The number of nitrogens with zero attached hydrogens (tertiary/aromatic N) is 1. The Bertz CT molecular complexity index is 465. The summed E-state index contributed by atoms with van der Waals surface area (Å²) in [6.07, 6.45) is 1.92. The van der Waals surface area contributed by atoms with Gasteiger partial charge >= 0.3 is 5.97 Å². The number of unbranched alkanes of at least 4 members (excludes halogenated alkanes) is 1. The number of nitro benzene ring substituents is 1. The molecule has 1 aromatic carbocycles. The Kier molecular flexibility index (Phi) is 6.61. The van der Waals surface area contributed by atoms with Crippen LogP contribution in [0, 0.1) is 10.1 Å². The Hall–Kier alpha value is -1.99. The molecule has 0 aliphatic heterocycles. The van der Waals surface area contributed by atoms with Gasteiger partial charge in [0, 0.05) is 18.2 Å². The van der Waals surface area contributed by atoms with Gasteiger partial charge in [-0.1, -0.05) is 24.6 Å². The summed E-state index contributed by atoms with van der Waals surface area (Å²) in [5.74, 6) is -0.958. The number of aliphatic carboxylic acids is 1.